The molecule has 1 saturated heterocycles. The number of aliphatic hydroxyl groups excluding tert-OH is 1. The maximum absolute atomic E-state index is 9.90. The Morgan fingerprint density at radius 1 is 1.19 bits per heavy atom. The fourth-order valence-electron chi connectivity index (χ4n) is 2.22. The third-order valence-corrected chi connectivity index (χ3v) is 3.22. The van der Waals surface area contributed by atoms with E-state index in [1.54, 1.807) is 0 Å². The minimum Gasteiger partial charge on any atom is -0.390 e. The van der Waals surface area contributed by atoms with Crippen molar-refractivity contribution in [3.05, 3.63) is 35.9 Å². The van der Waals surface area contributed by atoms with Gasteiger partial charge in [-0.25, -0.2) is 0 Å². The molecule has 0 bridgehead atoms. The smallest absolute Gasteiger partial charge is 0.0837 e. The first kappa shape index (κ1) is 11.6. The Morgan fingerprint density at radius 3 is 2.81 bits per heavy atom. The number of ether oxygens (including phenoxy) is 1. The summed E-state index contributed by atoms with van der Waals surface area (Å²) < 4.78 is 5.69. The van der Waals surface area contributed by atoms with Crippen LogP contribution < -0.4 is 0 Å². The molecular formula is C14H20O2. The predicted molar refractivity (Wildman–Crippen MR) is 64.4 cm³/mol. The molecule has 2 heteroatoms. The summed E-state index contributed by atoms with van der Waals surface area (Å²) in [6, 6.07) is 10.4. The lowest BCUT2D eigenvalue weighted by atomic mass is 10.0. The summed E-state index contributed by atoms with van der Waals surface area (Å²) in [5, 5.41) is 9.90. The van der Waals surface area contributed by atoms with Crippen LogP contribution in [0.5, 0.6) is 0 Å². The third kappa shape index (κ3) is 3.32. The van der Waals surface area contributed by atoms with Crippen molar-refractivity contribution in [2.24, 2.45) is 0 Å². The molecule has 0 amide bonds. The SMILES string of the molecule is O[C@H]1CCCCO[C@@H]1CCc1ccccc1. The Bertz CT molecular complexity index is 297. The molecule has 1 fully saturated rings. The predicted octanol–water partition coefficient (Wildman–Crippen LogP) is 2.55. The van der Waals surface area contributed by atoms with Gasteiger partial charge in [0.15, 0.2) is 0 Å². The van der Waals surface area contributed by atoms with E-state index in [0.717, 1.165) is 38.7 Å². The largest absolute Gasteiger partial charge is 0.390 e. The van der Waals surface area contributed by atoms with E-state index < -0.39 is 0 Å². The molecule has 0 spiro atoms. The minimum absolute atomic E-state index is 0.0303. The Balaban J connectivity index is 1.84. The lowest BCUT2D eigenvalue weighted by Crippen LogP contribution is -2.27. The van der Waals surface area contributed by atoms with Crippen molar-refractivity contribution in [1.82, 2.24) is 0 Å². The highest BCUT2D eigenvalue weighted by atomic mass is 16.5. The number of benzene rings is 1. The van der Waals surface area contributed by atoms with Crippen LogP contribution in [0.3, 0.4) is 0 Å². The first-order valence-electron chi connectivity index (χ1n) is 6.20. The third-order valence-electron chi connectivity index (χ3n) is 3.22. The van der Waals surface area contributed by atoms with E-state index in [-0.39, 0.29) is 12.2 Å². The molecule has 1 aliphatic heterocycles. The highest BCUT2D eigenvalue weighted by Crippen LogP contribution is 2.18. The molecule has 1 aliphatic rings. The van der Waals surface area contributed by atoms with Crippen LogP contribution in [-0.4, -0.2) is 23.9 Å². The molecule has 0 aliphatic carbocycles. The fourth-order valence-corrected chi connectivity index (χ4v) is 2.22. The van der Waals surface area contributed by atoms with E-state index in [9.17, 15) is 5.11 Å². The molecule has 0 aromatic heterocycles. The van der Waals surface area contributed by atoms with Crippen LogP contribution in [0.25, 0.3) is 0 Å². The van der Waals surface area contributed by atoms with Gasteiger partial charge in [-0.15, -0.1) is 0 Å². The molecule has 2 atom stereocenters. The maximum atomic E-state index is 9.90. The maximum Gasteiger partial charge on any atom is 0.0837 e. The minimum atomic E-state index is -0.272. The van der Waals surface area contributed by atoms with E-state index in [0.29, 0.717) is 0 Å². The van der Waals surface area contributed by atoms with Crippen LogP contribution in [0.2, 0.25) is 0 Å². The van der Waals surface area contributed by atoms with Crippen molar-refractivity contribution in [3.63, 3.8) is 0 Å². The number of aliphatic hydroxyl groups is 1. The van der Waals surface area contributed by atoms with Gasteiger partial charge in [-0.3, -0.25) is 0 Å². The lowest BCUT2D eigenvalue weighted by molar-refractivity contribution is -0.0290. The van der Waals surface area contributed by atoms with Crippen molar-refractivity contribution in [2.45, 2.75) is 44.3 Å². The van der Waals surface area contributed by atoms with Crippen molar-refractivity contribution in [3.8, 4) is 0 Å². The normalized spacial score (nSPS) is 26.3. The standard InChI is InChI=1S/C14H20O2/c15-13-8-4-5-11-16-14(13)10-9-12-6-2-1-3-7-12/h1-3,6-7,13-15H,4-5,8-11H2/t13-,14+/m0/s1. The summed E-state index contributed by atoms with van der Waals surface area (Å²) in [4.78, 5) is 0. The van der Waals surface area contributed by atoms with Gasteiger partial charge in [0, 0.05) is 6.61 Å². The van der Waals surface area contributed by atoms with Crippen LogP contribution in [0, 0.1) is 0 Å². The first-order chi connectivity index (χ1) is 7.86. The van der Waals surface area contributed by atoms with E-state index >= 15 is 0 Å². The van der Waals surface area contributed by atoms with Gasteiger partial charge >= 0.3 is 0 Å². The number of hydrogen-bond donors (Lipinski definition) is 1. The first-order valence-corrected chi connectivity index (χ1v) is 6.20. The van der Waals surface area contributed by atoms with Gasteiger partial charge in [0.1, 0.15) is 0 Å². The van der Waals surface area contributed by atoms with E-state index in [4.69, 9.17) is 4.74 Å². The van der Waals surface area contributed by atoms with Gasteiger partial charge in [0.05, 0.1) is 12.2 Å². The number of aryl methyl sites for hydroxylation is 1. The van der Waals surface area contributed by atoms with Crippen molar-refractivity contribution in [2.75, 3.05) is 6.61 Å². The van der Waals surface area contributed by atoms with Crippen molar-refractivity contribution < 1.29 is 9.84 Å². The van der Waals surface area contributed by atoms with E-state index in [1.807, 2.05) is 6.07 Å². The molecule has 2 nitrogen and oxygen atoms in total. The quantitative estimate of drug-likeness (QED) is 0.848. The molecule has 1 aromatic carbocycles. The Labute approximate surface area is 97.3 Å². The molecule has 0 saturated carbocycles. The Morgan fingerprint density at radius 2 is 2.00 bits per heavy atom. The molecule has 16 heavy (non-hydrogen) atoms. The topological polar surface area (TPSA) is 29.5 Å². The lowest BCUT2D eigenvalue weighted by Gasteiger charge is -2.20. The molecule has 88 valence electrons. The molecule has 1 aromatic rings. The second-order valence-electron chi connectivity index (χ2n) is 4.50. The fraction of sp³-hybridized carbons (Fsp3) is 0.571. The zero-order valence-electron chi connectivity index (χ0n) is 9.64. The van der Waals surface area contributed by atoms with E-state index in [1.165, 1.54) is 5.56 Å². The van der Waals surface area contributed by atoms with Crippen molar-refractivity contribution >= 4 is 0 Å². The number of rotatable bonds is 3. The summed E-state index contributed by atoms with van der Waals surface area (Å²) in [5.41, 5.74) is 1.32. The summed E-state index contributed by atoms with van der Waals surface area (Å²) in [6.07, 6.45) is 4.73. The molecule has 2 rings (SSSR count). The van der Waals surface area contributed by atoms with Gasteiger partial charge in [-0.2, -0.15) is 0 Å². The number of hydrogen-bond acceptors (Lipinski definition) is 2. The Kier molecular flexibility index (Phi) is 4.37. The van der Waals surface area contributed by atoms with Gasteiger partial charge in [-0.05, 0) is 37.7 Å². The average Bonchev–Trinajstić information content (AvgIpc) is 2.53. The second kappa shape index (κ2) is 6.02. The van der Waals surface area contributed by atoms with Gasteiger partial charge in [0.2, 0.25) is 0 Å². The van der Waals surface area contributed by atoms with Crippen LogP contribution in [-0.2, 0) is 11.2 Å². The van der Waals surface area contributed by atoms with Crippen LogP contribution >= 0.6 is 0 Å². The average molecular weight is 220 g/mol. The molecule has 0 unspecified atom stereocenters. The van der Waals surface area contributed by atoms with Gasteiger partial charge in [-0.1, -0.05) is 30.3 Å². The highest BCUT2D eigenvalue weighted by molar-refractivity contribution is 5.14. The summed E-state index contributed by atoms with van der Waals surface area (Å²) in [6.45, 7) is 0.802. The Hall–Kier alpha value is -0.860. The van der Waals surface area contributed by atoms with Crippen LogP contribution in [0.4, 0.5) is 0 Å². The van der Waals surface area contributed by atoms with Gasteiger partial charge < -0.3 is 9.84 Å². The summed E-state index contributed by atoms with van der Waals surface area (Å²) >= 11 is 0. The molecule has 1 N–H and O–H groups in total. The van der Waals surface area contributed by atoms with Crippen molar-refractivity contribution in [1.29, 1.82) is 0 Å². The summed E-state index contributed by atoms with van der Waals surface area (Å²) in [5.74, 6) is 0. The van der Waals surface area contributed by atoms with Crippen LogP contribution in [0.15, 0.2) is 30.3 Å². The second-order valence-corrected chi connectivity index (χ2v) is 4.50. The van der Waals surface area contributed by atoms with E-state index in [2.05, 4.69) is 24.3 Å². The zero-order valence-corrected chi connectivity index (χ0v) is 9.64. The molecular weight excluding hydrogens is 200 g/mol. The molecule has 0 radical (unpaired) electrons. The highest BCUT2D eigenvalue weighted by Gasteiger charge is 2.21. The van der Waals surface area contributed by atoms with Gasteiger partial charge in [0.25, 0.3) is 0 Å². The molecule has 1 heterocycles. The monoisotopic (exact) mass is 220 g/mol. The summed E-state index contributed by atoms with van der Waals surface area (Å²) in [7, 11) is 0. The van der Waals surface area contributed by atoms with Crippen LogP contribution in [0.1, 0.15) is 31.2 Å². The zero-order chi connectivity index (χ0) is 11.2.